The van der Waals surface area contributed by atoms with Crippen LogP contribution in [0.1, 0.15) is 31.2 Å². The van der Waals surface area contributed by atoms with Crippen molar-refractivity contribution < 1.29 is 5.11 Å². The summed E-state index contributed by atoms with van der Waals surface area (Å²) in [6.07, 6.45) is 4.83. The molecule has 2 fully saturated rings. The highest BCUT2D eigenvalue weighted by atomic mass is 16.3. The number of benzene rings is 1. The summed E-state index contributed by atoms with van der Waals surface area (Å²) >= 11 is 0. The van der Waals surface area contributed by atoms with Gasteiger partial charge in [-0.3, -0.25) is 0 Å². The number of rotatable bonds is 5. The van der Waals surface area contributed by atoms with E-state index in [1.165, 1.54) is 37.2 Å². The van der Waals surface area contributed by atoms with Crippen LogP contribution in [0.5, 0.6) is 0 Å². The van der Waals surface area contributed by atoms with E-state index in [1.54, 1.807) is 0 Å². The van der Waals surface area contributed by atoms with E-state index in [1.807, 2.05) is 0 Å². The van der Waals surface area contributed by atoms with Crippen LogP contribution in [0.2, 0.25) is 0 Å². The summed E-state index contributed by atoms with van der Waals surface area (Å²) in [6, 6.07) is 8.65. The molecule has 98 valence electrons. The molecular formula is C15H22N2O. The topological polar surface area (TPSA) is 35.5 Å². The Morgan fingerprint density at radius 3 is 2.56 bits per heavy atom. The molecule has 0 unspecified atom stereocenters. The molecular weight excluding hydrogens is 224 g/mol. The molecule has 1 saturated heterocycles. The van der Waals surface area contributed by atoms with Crippen LogP contribution in [-0.4, -0.2) is 30.3 Å². The second-order valence-corrected chi connectivity index (χ2v) is 5.61. The number of para-hydroxylation sites is 1. The average molecular weight is 246 g/mol. The lowest BCUT2D eigenvalue weighted by Crippen LogP contribution is -2.34. The zero-order chi connectivity index (χ0) is 12.4. The number of nitrogens with one attached hydrogen (secondary N) is 1. The lowest BCUT2D eigenvalue weighted by molar-refractivity contribution is 0.229. The highest BCUT2D eigenvalue weighted by Crippen LogP contribution is 2.35. The summed E-state index contributed by atoms with van der Waals surface area (Å²) in [5, 5.41) is 12.9. The molecule has 0 amide bonds. The molecule has 1 saturated carbocycles. The van der Waals surface area contributed by atoms with Gasteiger partial charge in [0.05, 0.1) is 6.61 Å². The Morgan fingerprint density at radius 2 is 1.89 bits per heavy atom. The van der Waals surface area contributed by atoms with Gasteiger partial charge in [-0.15, -0.1) is 0 Å². The monoisotopic (exact) mass is 246 g/mol. The van der Waals surface area contributed by atoms with E-state index in [2.05, 4.69) is 34.5 Å². The van der Waals surface area contributed by atoms with E-state index in [4.69, 9.17) is 0 Å². The van der Waals surface area contributed by atoms with Crippen molar-refractivity contribution in [3.05, 3.63) is 29.8 Å². The Bertz CT molecular complexity index is 409. The predicted molar refractivity (Wildman–Crippen MR) is 73.8 cm³/mol. The molecule has 2 aliphatic rings. The molecule has 0 atom stereocenters. The Balaban J connectivity index is 1.70. The minimum Gasteiger partial charge on any atom is -0.394 e. The summed E-state index contributed by atoms with van der Waals surface area (Å²) in [5.74, 6) is 0. The van der Waals surface area contributed by atoms with Gasteiger partial charge in [0, 0.05) is 30.9 Å². The van der Waals surface area contributed by atoms with Gasteiger partial charge < -0.3 is 15.3 Å². The van der Waals surface area contributed by atoms with Crippen molar-refractivity contribution in [1.82, 2.24) is 5.32 Å². The number of anilines is 1. The van der Waals surface area contributed by atoms with Gasteiger partial charge in [0.1, 0.15) is 0 Å². The number of nitrogens with zero attached hydrogens (tertiary/aromatic N) is 1. The third kappa shape index (κ3) is 2.38. The van der Waals surface area contributed by atoms with Gasteiger partial charge in [0.25, 0.3) is 0 Å². The Morgan fingerprint density at radius 1 is 1.17 bits per heavy atom. The van der Waals surface area contributed by atoms with Gasteiger partial charge in [-0.05, 0) is 37.3 Å². The largest absolute Gasteiger partial charge is 0.394 e. The molecule has 3 rings (SSSR count). The van der Waals surface area contributed by atoms with Crippen LogP contribution in [0.3, 0.4) is 0 Å². The van der Waals surface area contributed by atoms with Crippen LogP contribution >= 0.6 is 0 Å². The molecule has 1 aromatic rings. The molecule has 3 nitrogen and oxygen atoms in total. The van der Waals surface area contributed by atoms with Crippen molar-refractivity contribution in [2.24, 2.45) is 0 Å². The highest BCUT2D eigenvalue weighted by Gasteiger charge is 2.41. The van der Waals surface area contributed by atoms with E-state index in [-0.39, 0.29) is 12.1 Å². The molecule has 0 bridgehead atoms. The van der Waals surface area contributed by atoms with Crippen LogP contribution in [-0.2, 0) is 6.54 Å². The van der Waals surface area contributed by atoms with Gasteiger partial charge in [-0.2, -0.15) is 0 Å². The SMILES string of the molecule is OCC1(NCc2ccccc2N2CCCC2)CC1. The minimum absolute atomic E-state index is 0.0259. The van der Waals surface area contributed by atoms with Crippen LogP contribution in [0.4, 0.5) is 5.69 Å². The summed E-state index contributed by atoms with van der Waals surface area (Å²) in [6.45, 7) is 3.50. The fourth-order valence-corrected chi connectivity index (χ4v) is 2.75. The maximum absolute atomic E-state index is 9.34. The van der Waals surface area contributed by atoms with Crippen LogP contribution < -0.4 is 10.2 Å². The summed E-state index contributed by atoms with van der Waals surface area (Å²) in [7, 11) is 0. The third-order valence-electron chi connectivity index (χ3n) is 4.25. The first kappa shape index (κ1) is 12.0. The zero-order valence-electron chi connectivity index (χ0n) is 10.9. The first-order valence-corrected chi connectivity index (χ1v) is 7.02. The fraction of sp³-hybridized carbons (Fsp3) is 0.600. The normalized spacial score (nSPS) is 21.3. The Hall–Kier alpha value is -1.06. The predicted octanol–water partition coefficient (Wildman–Crippen LogP) is 1.90. The standard InChI is InChI=1S/C15H22N2O/c18-12-15(7-8-15)16-11-13-5-1-2-6-14(13)17-9-3-4-10-17/h1-2,5-6,16,18H,3-4,7-12H2. The maximum Gasteiger partial charge on any atom is 0.0613 e. The molecule has 0 spiro atoms. The second kappa shape index (κ2) is 4.90. The minimum atomic E-state index is 0.0259. The molecule has 18 heavy (non-hydrogen) atoms. The van der Waals surface area contributed by atoms with Crippen molar-refractivity contribution in [3.8, 4) is 0 Å². The van der Waals surface area contributed by atoms with Crippen LogP contribution in [0.25, 0.3) is 0 Å². The van der Waals surface area contributed by atoms with Gasteiger partial charge in [-0.25, -0.2) is 0 Å². The third-order valence-corrected chi connectivity index (χ3v) is 4.25. The lowest BCUT2D eigenvalue weighted by Gasteiger charge is -2.23. The first-order chi connectivity index (χ1) is 8.83. The van der Waals surface area contributed by atoms with Crippen LogP contribution in [0, 0.1) is 0 Å². The summed E-state index contributed by atoms with van der Waals surface area (Å²) in [4.78, 5) is 2.48. The second-order valence-electron chi connectivity index (χ2n) is 5.61. The lowest BCUT2D eigenvalue weighted by atomic mass is 10.1. The van der Waals surface area contributed by atoms with Gasteiger partial charge >= 0.3 is 0 Å². The fourth-order valence-electron chi connectivity index (χ4n) is 2.75. The highest BCUT2D eigenvalue weighted by molar-refractivity contribution is 5.54. The Labute approximate surface area is 109 Å². The maximum atomic E-state index is 9.34. The number of aliphatic hydroxyl groups excluding tert-OH is 1. The average Bonchev–Trinajstić information content (AvgIpc) is 3.00. The Kier molecular flexibility index (Phi) is 3.27. The number of hydrogen-bond donors (Lipinski definition) is 2. The van der Waals surface area contributed by atoms with Gasteiger partial charge in [0.15, 0.2) is 0 Å². The van der Waals surface area contributed by atoms with E-state index >= 15 is 0 Å². The van der Waals surface area contributed by atoms with Gasteiger partial charge in [-0.1, -0.05) is 18.2 Å². The van der Waals surface area contributed by atoms with E-state index in [0.29, 0.717) is 0 Å². The molecule has 0 radical (unpaired) electrons. The molecule has 1 aliphatic carbocycles. The van der Waals surface area contributed by atoms with Crippen molar-refractivity contribution in [2.45, 2.75) is 37.8 Å². The van der Waals surface area contributed by atoms with E-state index in [0.717, 1.165) is 19.4 Å². The number of aliphatic hydroxyl groups is 1. The molecule has 1 heterocycles. The first-order valence-electron chi connectivity index (χ1n) is 7.02. The molecule has 0 aromatic heterocycles. The molecule has 1 aromatic carbocycles. The van der Waals surface area contributed by atoms with Crippen molar-refractivity contribution in [2.75, 3.05) is 24.6 Å². The van der Waals surface area contributed by atoms with Crippen LogP contribution in [0.15, 0.2) is 24.3 Å². The van der Waals surface area contributed by atoms with E-state index < -0.39 is 0 Å². The molecule has 1 aliphatic heterocycles. The van der Waals surface area contributed by atoms with Crippen molar-refractivity contribution in [1.29, 1.82) is 0 Å². The van der Waals surface area contributed by atoms with Gasteiger partial charge in [0.2, 0.25) is 0 Å². The molecule has 3 heteroatoms. The zero-order valence-corrected chi connectivity index (χ0v) is 10.9. The van der Waals surface area contributed by atoms with Crippen molar-refractivity contribution >= 4 is 5.69 Å². The summed E-state index contributed by atoms with van der Waals surface area (Å²) in [5.41, 5.74) is 2.76. The summed E-state index contributed by atoms with van der Waals surface area (Å²) < 4.78 is 0. The quantitative estimate of drug-likeness (QED) is 0.833. The number of hydrogen-bond acceptors (Lipinski definition) is 3. The van der Waals surface area contributed by atoms with E-state index in [9.17, 15) is 5.11 Å². The molecule has 2 N–H and O–H groups in total. The van der Waals surface area contributed by atoms with Crippen molar-refractivity contribution in [3.63, 3.8) is 0 Å². The smallest absolute Gasteiger partial charge is 0.0613 e.